The quantitative estimate of drug-likeness (QED) is 0.362. The fourth-order valence-corrected chi connectivity index (χ4v) is 4.05. The normalized spacial score (nSPS) is 14.0. The molecular formula is C20H16FN7O4S. The lowest BCUT2D eigenvalue weighted by Crippen LogP contribution is -2.52. The Hall–Kier alpha value is -3.81. The topological polar surface area (TPSA) is 146 Å². The van der Waals surface area contributed by atoms with Crippen LogP contribution in [0.25, 0.3) is 16.2 Å². The van der Waals surface area contributed by atoms with Crippen LogP contribution in [0.4, 0.5) is 16.0 Å². The van der Waals surface area contributed by atoms with Crippen LogP contribution in [0, 0.1) is 11.7 Å². The molecule has 0 bridgehead atoms. The van der Waals surface area contributed by atoms with Gasteiger partial charge in [0.1, 0.15) is 12.1 Å². The Morgan fingerprint density at radius 2 is 2.09 bits per heavy atom. The fourth-order valence-electron chi connectivity index (χ4n) is 3.54. The Morgan fingerprint density at radius 3 is 2.76 bits per heavy atom. The second kappa shape index (κ2) is 8.27. The van der Waals surface area contributed by atoms with Crippen molar-refractivity contribution in [1.82, 2.24) is 23.9 Å². The number of aliphatic hydroxyl groups is 2. The van der Waals surface area contributed by atoms with Crippen LogP contribution >= 0.6 is 11.5 Å². The molecule has 33 heavy (non-hydrogen) atoms. The summed E-state index contributed by atoms with van der Waals surface area (Å²) in [5.74, 6) is -0.991. The van der Waals surface area contributed by atoms with Crippen molar-refractivity contribution in [2.45, 2.75) is 6.29 Å². The zero-order valence-electron chi connectivity index (χ0n) is 16.8. The van der Waals surface area contributed by atoms with E-state index in [2.05, 4.69) is 24.6 Å². The molecular weight excluding hydrogens is 453 g/mol. The van der Waals surface area contributed by atoms with Crippen LogP contribution < -0.4 is 15.6 Å². The Bertz CT molecular complexity index is 1390. The first kappa shape index (κ1) is 21.1. The first-order chi connectivity index (χ1) is 15.9. The van der Waals surface area contributed by atoms with Crippen LogP contribution in [0.3, 0.4) is 0 Å². The van der Waals surface area contributed by atoms with Crippen molar-refractivity contribution >= 4 is 40.1 Å². The number of nitrogens with one attached hydrogen (secondary N) is 1. The van der Waals surface area contributed by atoms with E-state index in [1.54, 1.807) is 29.3 Å². The highest BCUT2D eigenvalue weighted by atomic mass is 32.1. The average molecular weight is 469 g/mol. The van der Waals surface area contributed by atoms with Gasteiger partial charge in [0.2, 0.25) is 11.0 Å². The highest BCUT2D eigenvalue weighted by Crippen LogP contribution is 2.29. The number of halogens is 1. The number of hydrogen-bond donors (Lipinski definition) is 3. The SMILES string of the molecule is O=C(Nc1ccccn1)C1CN(c2nc3c(cc2F)c(=O)c(C(O)O)cn3-c2ncns2)C1. The summed E-state index contributed by atoms with van der Waals surface area (Å²) in [6.07, 6.45) is 2.00. The Balaban J connectivity index is 1.47. The largest absolute Gasteiger partial charge is 0.364 e. The first-order valence-corrected chi connectivity index (χ1v) is 10.6. The molecule has 168 valence electrons. The molecule has 0 atom stereocenters. The van der Waals surface area contributed by atoms with Crippen LogP contribution in [-0.2, 0) is 4.79 Å². The van der Waals surface area contributed by atoms with E-state index in [9.17, 15) is 24.2 Å². The van der Waals surface area contributed by atoms with Gasteiger partial charge < -0.3 is 20.4 Å². The summed E-state index contributed by atoms with van der Waals surface area (Å²) in [7, 11) is 0. The number of amides is 1. The number of nitrogens with zero attached hydrogens (tertiary/aromatic N) is 6. The summed E-state index contributed by atoms with van der Waals surface area (Å²) in [4.78, 5) is 39.1. The molecule has 0 aliphatic carbocycles. The van der Waals surface area contributed by atoms with E-state index in [1.807, 2.05) is 0 Å². The molecule has 4 aromatic rings. The zero-order valence-corrected chi connectivity index (χ0v) is 17.6. The summed E-state index contributed by atoms with van der Waals surface area (Å²) in [6.45, 7) is 0.454. The Kier molecular flexibility index (Phi) is 5.28. The monoisotopic (exact) mass is 469 g/mol. The number of anilines is 2. The molecule has 1 aliphatic rings. The number of pyridine rings is 3. The van der Waals surface area contributed by atoms with E-state index in [-0.39, 0.29) is 47.3 Å². The van der Waals surface area contributed by atoms with Crippen molar-refractivity contribution < 1.29 is 19.4 Å². The van der Waals surface area contributed by atoms with E-state index >= 15 is 0 Å². The maximum atomic E-state index is 14.9. The number of carbonyl (C=O) groups excluding carboxylic acids is 1. The molecule has 13 heteroatoms. The van der Waals surface area contributed by atoms with E-state index < -0.39 is 17.5 Å². The molecule has 1 amide bonds. The molecule has 0 spiro atoms. The van der Waals surface area contributed by atoms with Crippen molar-refractivity contribution in [1.29, 1.82) is 0 Å². The van der Waals surface area contributed by atoms with E-state index in [1.165, 1.54) is 17.1 Å². The average Bonchev–Trinajstić information content (AvgIpc) is 3.29. The molecule has 1 aliphatic heterocycles. The van der Waals surface area contributed by atoms with Gasteiger partial charge in [-0.15, -0.1) is 0 Å². The van der Waals surface area contributed by atoms with Gasteiger partial charge in [-0.1, -0.05) is 6.07 Å². The number of rotatable bonds is 5. The van der Waals surface area contributed by atoms with Gasteiger partial charge in [0.25, 0.3) is 0 Å². The van der Waals surface area contributed by atoms with Gasteiger partial charge in [-0.2, -0.15) is 4.37 Å². The maximum absolute atomic E-state index is 14.9. The van der Waals surface area contributed by atoms with Gasteiger partial charge >= 0.3 is 0 Å². The minimum atomic E-state index is -2.06. The lowest BCUT2D eigenvalue weighted by atomic mass is 9.99. The summed E-state index contributed by atoms with van der Waals surface area (Å²) < 4.78 is 20.2. The minimum absolute atomic E-state index is 0.0284. The highest BCUT2D eigenvalue weighted by Gasteiger charge is 2.35. The molecule has 0 aromatic carbocycles. The van der Waals surface area contributed by atoms with Gasteiger partial charge in [-0.3, -0.25) is 14.2 Å². The molecule has 3 N–H and O–H groups in total. The maximum Gasteiger partial charge on any atom is 0.232 e. The predicted octanol–water partition coefficient (Wildman–Crippen LogP) is 0.829. The van der Waals surface area contributed by atoms with Gasteiger partial charge in [0.05, 0.1) is 16.9 Å². The van der Waals surface area contributed by atoms with Crippen molar-refractivity contribution in [3.05, 3.63) is 64.6 Å². The van der Waals surface area contributed by atoms with Crippen LogP contribution in [0.5, 0.6) is 0 Å². The number of carbonyl (C=O) groups is 1. The molecule has 5 heterocycles. The van der Waals surface area contributed by atoms with Crippen molar-refractivity contribution in [3.8, 4) is 5.13 Å². The van der Waals surface area contributed by atoms with Crippen molar-refractivity contribution in [2.75, 3.05) is 23.3 Å². The molecule has 1 fully saturated rings. The van der Waals surface area contributed by atoms with Crippen LogP contribution in [-0.4, -0.2) is 53.1 Å². The molecule has 1 saturated heterocycles. The lowest BCUT2D eigenvalue weighted by Gasteiger charge is -2.39. The van der Waals surface area contributed by atoms with Gasteiger partial charge in [-0.25, -0.2) is 19.3 Å². The second-order valence-corrected chi connectivity index (χ2v) is 8.11. The van der Waals surface area contributed by atoms with Gasteiger partial charge in [0.15, 0.2) is 29.0 Å². The predicted molar refractivity (Wildman–Crippen MR) is 117 cm³/mol. The van der Waals surface area contributed by atoms with Crippen LogP contribution in [0.1, 0.15) is 11.9 Å². The summed E-state index contributed by atoms with van der Waals surface area (Å²) in [6, 6.07) is 6.16. The fraction of sp³-hybridized carbons (Fsp3) is 0.200. The first-order valence-electron chi connectivity index (χ1n) is 9.78. The third-order valence-electron chi connectivity index (χ3n) is 5.24. The zero-order chi connectivity index (χ0) is 23.1. The third kappa shape index (κ3) is 3.82. The minimum Gasteiger partial charge on any atom is -0.364 e. The van der Waals surface area contributed by atoms with Crippen molar-refractivity contribution in [2.24, 2.45) is 5.92 Å². The summed E-state index contributed by atoms with van der Waals surface area (Å²) >= 11 is 0.991. The van der Waals surface area contributed by atoms with Gasteiger partial charge in [0, 0.05) is 37.0 Å². The lowest BCUT2D eigenvalue weighted by molar-refractivity contribution is -0.120. The molecule has 4 aromatic heterocycles. The summed E-state index contributed by atoms with van der Waals surface area (Å²) in [5, 5.41) is 22.0. The van der Waals surface area contributed by atoms with Crippen molar-refractivity contribution in [3.63, 3.8) is 0 Å². The standard InChI is InChI=1S/C20H16FN7O4S/c21-13-5-11-15(29)12(19(31)32)8-28(20-23-9-24-33-20)16(11)26-17(13)27-6-10(7-27)18(30)25-14-3-1-2-4-22-14/h1-5,8-10,19,31-32H,6-7H2,(H,22,25,30). The second-order valence-electron chi connectivity index (χ2n) is 7.35. The van der Waals surface area contributed by atoms with Gasteiger partial charge in [-0.05, 0) is 18.2 Å². The van der Waals surface area contributed by atoms with Crippen LogP contribution in [0.15, 0.2) is 47.8 Å². The Morgan fingerprint density at radius 1 is 1.27 bits per heavy atom. The molecule has 0 unspecified atom stereocenters. The third-order valence-corrected chi connectivity index (χ3v) is 5.91. The van der Waals surface area contributed by atoms with E-state index in [4.69, 9.17) is 0 Å². The smallest absolute Gasteiger partial charge is 0.232 e. The Labute approximate surface area is 189 Å². The number of fused-ring (bicyclic) bond motifs is 1. The van der Waals surface area contributed by atoms with E-state index in [0.29, 0.717) is 10.9 Å². The highest BCUT2D eigenvalue weighted by molar-refractivity contribution is 7.08. The number of hydrogen-bond acceptors (Lipinski definition) is 10. The van der Waals surface area contributed by atoms with E-state index in [0.717, 1.165) is 17.6 Å². The molecule has 5 rings (SSSR count). The molecule has 0 saturated carbocycles. The summed E-state index contributed by atoms with van der Waals surface area (Å²) in [5.41, 5.74) is -1.02. The molecule has 0 radical (unpaired) electrons. The van der Waals surface area contributed by atoms with Crippen LogP contribution in [0.2, 0.25) is 0 Å². The number of aromatic nitrogens is 5. The number of aliphatic hydroxyl groups excluding tert-OH is 1. The molecule has 11 nitrogen and oxygen atoms in total.